The molecule has 0 amide bonds. The van der Waals surface area contributed by atoms with E-state index in [9.17, 15) is 14.3 Å². The Hall–Kier alpha value is -1.61. The molecule has 1 aliphatic rings. The van der Waals surface area contributed by atoms with E-state index >= 15 is 0 Å². The van der Waals surface area contributed by atoms with E-state index in [-0.39, 0.29) is 27.6 Å². The van der Waals surface area contributed by atoms with E-state index in [2.05, 4.69) is 21.2 Å². The fourth-order valence-corrected chi connectivity index (χ4v) is 3.22. The number of carboxylic acid groups (broad SMARTS) is 1. The fourth-order valence-electron chi connectivity index (χ4n) is 2.79. The van der Waals surface area contributed by atoms with E-state index in [0.29, 0.717) is 13.0 Å². The second-order valence-corrected chi connectivity index (χ2v) is 6.06. The average Bonchev–Trinajstić information content (AvgIpc) is 2.49. The van der Waals surface area contributed by atoms with Crippen molar-refractivity contribution >= 4 is 27.6 Å². The lowest BCUT2D eigenvalue weighted by atomic mass is 9.79. The molecule has 1 aromatic rings. The van der Waals surface area contributed by atoms with Crippen LogP contribution in [-0.2, 0) is 4.79 Å². The maximum absolute atomic E-state index is 14.1. The SMILES string of the molecule is N#Cc1ccc(NCC2CCCCC2C(=O)O)c(F)c1Br. The summed E-state index contributed by atoms with van der Waals surface area (Å²) in [6.07, 6.45) is 3.46. The summed E-state index contributed by atoms with van der Waals surface area (Å²) < 4.78 is 14.2. The summed E-state index contributed by atoms with van der Waals surface area (Å²) in [5.41, 5.74) is 0.523. The van der Waals surface area contributed by atoms with Gasteiger partial charge in [-0.3, -0.25) is 4.79 Å². The molecule has 2 rings (SSSR count). The topological polar surface area (TPSA) is 73.1 Å². The van der Waals surface area contributed by atoms with Crippen molar-refractivity contribution in [2.75, 3.05) is 11.9 Å². The molecule has 0 heterocycles. The number of nitrogens with one attached hydrogen (secondary N) is 1. The summed E-state index contributed by atoms with van der Waals surface area (Å²) in [5, 5.41) is 21.0. The molecule has 2 N–H and O–H groups in total. The normalized spacial score (nSPS) is 21.6. The van der Waals surface area contributed by atoms with Crippen LogP contribution in [0.2, 0.25) is 0 Å². The summed E-state index contributed by atoms with van der Waals surface area (Å²) in [4.78, 5) is 11.2. The van der Waals surface area contributed by atoms with Crippen molar-refractivity contribution < 1.29 is 14.3 Å². The third kappa shape index (κ3) is 3.53. The zero-order valence-corrected chi connectivity index (χ0v) is 13.0. The van der Waals surface area contributed by atoms with Crippen LogP contribution >= 0.6 is 15.9 Å². The summed E-state index contributed by atoms with van der Waals surface area (Å²) in [6.45, 7) is 0.423. The molecule has 21 heavy (non-hydrogen) atoms. The monoisotopic (exact) mass is 354 g/mol. The third-order valence-corrected chi connectivity index (χ3v) is 4.76. The number of carboxylic acids is 1. The number of benzene rings is 1. The molecule has 0 spiro atoms. The van der Waals surface area contributed by atoms with Crippen LogP contribution in [-0.4, -0.2) is 17.6 Å². The van der Waals surface area contributed by atoms with E-state index in [1.54, 1.807) is 0 Å². The number of nitriles is 1. The lowest BCUT2D eigenvalue weighted by Crippen LogP contribution is -2.31. The van der Waals surface area contributed by atoms with Gasteiger partial charge in [-0.25, -0.2) is 4.39 Å². The summed E-state index contributed by atoms with van der Waals surface area (Å²) in [5.74, 6) is -1.65. The molecule has 0 aliphatic heterocycles. The largest absolute Gasteiger partial charge is 0.481 e. The predicted molar refractivity (Wildman–Crippen MR) is 80.4 cm³/mol. The zero-order valence-electron chi connectivity index (χ0n) is 11.4. The minimum absolute atomic E-state index is 0.00469. The first-order chi connectivity index (χ1) is 10.0. The van der Waals surface area contributed by atoms with Crippen LogP contribution in [0.15, 0.2) is 16.6 Å². The Morgan fingerprint density at radius 2 is 2.19 bits per heavy atom. The molecule has 1 aromatic carbocycles. The predicted octanol–water partition coefficient (Wildman–Crippen LogP) is 3.76. The van der Waals surface area contributed by atoms with Crippen molar-refractivity contribution in [2.24, 2.45) is 11.8 Å². The van der Waals surface area contributed by atoms with E-state index in [1.165, 1.54) is 12.1 Å². The first-order valence-electron chi connectivity index (χ1n) is 6.89. The highest BCUT2D eigenvalue weighted by Crippen LogP contribution is 2.32. The van der Waals surface area contributed by atoms with Gasteiger partial charge >= 0.3 is 5.97 Å². The van der Waals surface area contributed by atoms with Crippen LogP contribution in [0.5, 0.6) is 0 Å². The minimum Gasteiger partial charge on any atom is -0.481 e. The Balaban J connectivity index is 2.07. The fraction of sp³-hybridized carbons (Fsp3) is 0.467. The molecule has 0 aromatic heterocycles. The van der Waals surface area contributed by atoms with Gasteiger partial charge in [0.25, 0.3) is 0 Å². The second kappa shape index (κ2) is 6.90. The quantitative estimate of drug-likeness (QED) is 0.863. The van der Waals surface area contributed by atoms with Crippen molar-refractivity contribution in [1.82, 2.24) is 0 Å². The highest BCUT2D eigenvalue weighted by molar-refractivity contribution is 9.10. The lowest BCUT2D eigenvalue weighted by Gasteiger charge is -2.29. The van der Waals surface area contributed by atoms with Crippen molar-refractivity contribution in [3.8, 4) is 6.07 Å². The molecule has 4 nitrogen and oxygen atoms in total. The van der Waals surface area contributed by atoms with Crippen molar-refractivity contribution in [1.29, 1.82) is 5.26 Å². The summed E-state index contributed by atoms with van der Waals surface area (Å²) in [7, 11) is 0. The average molecular weight is 355 g/mol. The maximum atomic E-state index is 14.1. The molecule has 2 atom stereocenters. The number of anilines is 1. The van der Waals surface area contributed by atoms with Gasteiger partial charge in [-0.2, -0.15) is 5.26 Å². The Labute approximate surface area is 131 Å². The summed E-state index contributed by atoms with van der Waals surface area (Å²) in [6, 6.07) is 4.94. The lowest BCUT2D eigenvalue weighted by molar-refractivity contribution is -0.144. The van der Waals surface area contributed by atoms with E-state index in [4.69, 9.17) is 5.26 Å². The van der Waals surface area contributed by atoms with Gasteiger partial charge in [0.2, 0.25) is 0 Å². The van der Waals surface area contributed by atoms with Crippen molar-refractivity contribution in [3.63, 3.8) is 0 Å². The molecular weight excluding hydrogens is 339 g/mol. The van der Waals surface area contributed by atoms with E-state index in [0.717, 1.165) is 19.3 Å². The van der Waals surface area contributed by atoms with Gasteiger partial charge in [-0.15, -0.1) is 0 Å². The Morgan fingerprint density at radius 1 is 1.48 bits per heavy atom. The first-order valence-corrected chi connectivity index (χ1v) is 7.68. The van der Waals surface area contributed by atoms with Crippen molar-refractivity contribution in [2.45, 2.75) is 25.7 Å². The Kier molecular flexibility index (Phi) is 5.18. The molecular formula is C15H16BrFN2O2. The molecule has 112 valence electrons. The molecule has 1 saturated carbocycles. The molecule has 6 heteroatoms. The van der Waals surface area contributed by atoms with Crippen LogP contribution in [0.4, 0.5) is 10.1 Å². The van der Waals surface area contributed by atoms with Crippen LogP contribution in [0.3, 0.4) is 0 Å². The molecule has 2 unspecified atom stereocenters. The summed E-state index contributed by atoms with van der Waals surface area (Å²) >= 11 is 3.06. The van der Waals surface area contributed by atoms with Crippen LogP contribution < -0.4 is 5.32 Å². The molecule has 0 bridgehead atoms. The van der Waals surface area contributed by atoms with Gasteiger partial charge < -0.3 is 10.4 Å². The number of nitrogens with zero attached hydrogens (tertiary/aromatic N) is 1. The number of carbonyl (C=O) groups is 1. The number of aliphatic carboxylic acids is 1. The van der Waals surface area contributed by atoms with Gasteiger partial charge in [-0.1, -0.05) is 12.8 Å². The molecule has 0 saturated heterocycles. The number of hydrogen-bond acceptors (Lipinski definition) is 3. The third-order valence-electron chi connectivity index (χ3n) is 3.98. The highest BCUT2D eigenvalue weighted by Gasteiger charge is 2.30. The molecule has 1 fully saturated rings. The number of hydrogen-bond donors (Lipinski definition) is 2. The van der Waals surface area contributed by atoms with Crippen molar-refractivity contribution in [3.05, 3.63) is 28.0 Å². The molecule has 1 aliphatic carbocycles. The van der Waals surface area contributed by atoms with Gasteiger partial charge in [-0.05, 0) is 46.8 Å². The van der Waals surface area contributed by atoms with Crippen LogP contribution in [0.25, 0.3) is 0 Å². The maximum Gasteiger partial charge on any atom is 0.306 e. The Morgan fingerprint density at radius 3 is 2.86 bits per heavy atom. The standard InChI is InChI=1S/C15H16BrFN2O2/c16-13-9(7-18)5-6-12(14(13)17)19-8-10-3-1-2-4-11(10)15(20)21/h5-6,10-11,19H,1-4,8H2,(H,20,21). The van der Waals surface area contributed by atoms with Gasteiger partial charge in [0.15, 0.2) is 5.82 Å². The van der Waals surface area contributed by atoms with Gasteiger partial charge in [0.1, 0.15) is 6.07 Å². The zero-order chi connectivity index (χ0) is 15.4. The smallest absolute Gasteiger partial charge is 0.306 e. The van der Waals surface area contributed by atoms with Gasteiger partial charge in [0, 0.05) is 6.54 Å². The Bertz CT molecular complexity index is 586. The second-order valence-electron chi connectivity index (χ2n) is 5.27. The molecule has 0 radical (unpaired) electrons. The number of rotatable bonds is 4. The van der Waals surface area contributed by atoms with Gasteiger partial charge in [0.05, 0.1) is 21.6 Å². The first kappa shape index (κ1) is 15.8. The van der Waals surface area contributed by atoms with Crippen LogP contribution in [0, 0.1) is 29.0 Å². The number of halogens is 2. The van der Waals surface area contributed by atoms with Crippen LogP contribution in [0.1, 0.15) is 31.2 Å². The highest BCUT2D eigenvalue weighted by atomic mass is 79.9. The van der Waals surface area contributed by atoms with E-state index < -0.39 is 11.8 Å². The van der Waals surface area contributed by atoms with E-state index in [1.807, 2.05) is 6.07 Å². The minimum atomic E-state index is -0.775.